The second-order valence-electron chi connectivity index (χ2n) is 7.94. The molecule has 1 saturated carbocycles. The normalized spacial score (nSPS) is 14.3. The van der Waals surface area contributed by atoms with Gasteiger partial charge < -0.3 is 15.5 Å². The van der Waals surface area contributed by atoms with Gasteiger partial charge >= 0.3 is 0 Å². The van der Waals surface area contributed by atoms with Gasteiger partial charge in [-0.3, -0.25) is 20.0 Å². The van der Waals surface area contributed by atoms with Crippen LogP contribution in [0.3, 0.4) is 0 Å². The molecule has 0 bridgehead atoms. The number of pyridine rings is 1. The molecule has 1 fully saturated rings. The summed E-state index contributed by atoms with van der Waals surface area (Å²) in [6, 6.07) is 2.63. The van der Waals surface area contributed by atoms with Crippen LogP contribution in [0.25, 0.3) is 0 Å². The van der Waals surface area contributed by atoms with Gasteiger partial charge in [-0.05, 0) is 38.8 Å². The van der Waals surface area contributed by atoms with Gasteiger partial charge in [0.2, 0.25) is 0 Å². The Balaban J connectivity index is 1.87. The summed E-state index contributed by atoms with van der Waals surface area (Å²) in [7, 11) is 3.14. The molecule has 0 radical (unpaired) electrons. The second-order valence-corrected chi connectivity index (χ2v) is 7.94. The van der Waals surface area contributed by atoms with Gasteiger partial charge in [0.25, 0.3) is 11.8 Å². The lowest BCUT2D eigenvalue weighted by Crippen LogP contribution is -2.50. The monoisotopic (exact) mass is 436 g/mol. The standard InChI is InChI=1S/C22H28N8O2/c1-13(2)30(4)22(32)19(23)18(11-24-3)29-21(31)20-17(27-15-9-25-12-26-10-15)8-7-16(28-20)14-5-6-14/h7-14,18,23,27H,5-6H2,1-4H3,(H,29,31). The first-order chi connectivity index (χ1) is 15.3. The molecule has 0 aliphatic heterocycles. The van der Waals surface area contributed by atoms with Gasteiger partial charge in [0.1, 0.15) is 18.1 Å². The highest BCUT2D eigenvalue weighted by atomic mass is 16.2. The zero-order chi connectivity index (χ0) is 23.3. The highest BCUT2D eigenvalue weighted by Gasteiger charge is 2.29. The smallest absolute Gasteiger partial charge is 0.272 e. The molecule has 0 spiro atoms. The Morgan fingerprint density at radius 2 is 1.94 bits per heavy atom. The number of carbonyl (C=O) groups is 2. The Kier molecular flexibility index (Phi) is 7.24. The Morgan fingerprint density at radius 3 is 2.53 bits per heavy atom. The van der Waals surface area contributed by atoms with Gasteiger partial charge in [0.05, 0.1) is 23.8 Å². The van der Waals surface area contributed by atoms with E-state index in [-0.39, 0.29) is 17.4 Å². The number of nitrogens with zero attached hydrogens (tertiary/aromatic N) is 5. The minimum Gasteiger partial charge on any atom is -0.351 e. The number of aromatic nitrogens is 3. The molecule has 1 aliphatic carbocycles. The van der Waals surface area contributed by atoms with Crippen molar-refractivity contribution in [2.24, 2.45) is 4.99 Å². The predicted molar refractivity (Wildman–Crippen MR) is 123 cm³/mol. The minimum absolute atomic E-state index is 0.0847. The van der Waals surface area contributed by atoms with Crippen LogP contribution in [0, 0.1) is 5.41 Å². The first-order valence-corrected chi connectivity index (χ1v) is 10.4. The maximum atomic E-state index is 13.2. The molecular weight excluding hydrogens is 408 g/mol. The maximum absolute atomic E-state index is 13.2. The molecule has 3 rings (SSSR count). The first kappa shape index (κ1) is 23.0. The van der Waals surface area contributed by atoms with Gasteiger partial charge in [-0.1, -0.05) is 0 Å². The van der Waals surface area contributed by atoms with Crippen molar-refractivity contribution >= 4 is 35.1 Å². The van der Waals surface area contributed by atoms with Crippen LogP contribution in [0.4, 0.5) is 11.4 Å². The lowest BCUT2D eigenvalue weighted by Gasteiger charge is -2.24. The predicted octanol–water partition coefficient (Wildman–Crippen LogP) is 2.18. The third-order valence-electron chi connectivity index (χ3n) is 5.19. The number of hydrogen-bond acceptors (Lipinski definition) is 8. The summed E-state index contributed by atoms with van der Waals surface area (Å²) < 4.78 is 0. The van der Waals surface area contributed by atoms with Crippen LogP contribution in [0.5, 0.6) is 0 Å². The molecule has 2 heterocycles. The summed E-state index contributed by atoms with van der Waals surface area (Å²) in [5.41, 5.74) is 1.83. The molecule has 2 amide bonds. The molecule has 1 atom stereocenters. The summed E-state index contributed by atoms with van der Waals surface area (Å²) in [5, 5.41) is 14.2. The Bertz CT molecular complexity index is 1020. The van der Waals surface area contributed by atoms with Crippen LogP contribution >= 0.6 is 0 Å². The quantitative estimate of drug-likeness (QED) is 0.516. The Morgan fingerprint density at radius 1 is 1.25 bits per heavy atom. The van der Waals surface area contributed by atoms with E-state index in [1.165, 1.54) is 24.5 Å². The first-order valence-electron chi connectivity index (χ1n) is 10.4. The van der Waals surface area contributed by atoms with E-state index in [9.17, 15) is 9.59 Å². The molecular formula is C22H28N8O2. The fourth-order valence-electron chi connectivity index (χ4n) is 2.97. The lowest BCUT2D eigenvalue weighted by molar-refractivity contribution is -0.124. The van der Waals surface area contributed by atoms with E-state index in [0.717, 1.165) is 18.5 Å². The van der Waals surface area contributed by atoms with Crippen LogP contribution in [-0.2, 0) is 4.79 Å². The van der Waals surface area contributed by atoms with Crippen LogP contribution in [0.1, 0.15) is 48.8 Å². The van der Waals surface area contributed by atoms with Gasteiger partial charge in [0.15, 0.2) is 5.69 Å². The van der Waals surface area contributed by atoms with Crippen molar-refractivity contribution in [3.05, 3.63) is 42.2 Å². The second kappa shape index (κ2) is 10.1. The summed E-state index contributed by atoms with van der Waals surface area (Å²) in [6.07, 6.45) is 8.05. The van der Waals surface area contributed by atoms with Crippen molar-refractivity contribution in [3.8, 4) is 0 Å². The van der Waals surface area contributed by atoms with Crippen molar-refractivity contribution in [2.75, 3.05) is 19.4 Å². The van der Waals surface area contributed by atoms with E-state index < -0.39 is 17.9 Å². The molecule has 10 nitrogen and oxygen atoms in total. The van der Waals surface area contributed by atoms with E-state index in [4.69, 9.17) is 5.41 Å². The van der Waals surface area contributed by atoms with Crippen molar-refractivity contribution in [3.63, 3.8) is 0 Å². The van der Waals surface area contributed by atoms with Crippen LogP contribution in [0.15, 0.2) is 35.8 Å². The largest absolute Gasteiger partial charge is 0.351 e. The zero-order valence-corrected chi connectivity index (χ0v) is 18.7. The molecule has 0 aromatic carbocycles. The Hall–Kier alpha value is -3.69. The summed E-state index contributed by atoms with van der Waals surface area (Å²) in [4.78, 5) is 43.8. The van der Waals surface area contributed by atoms with Gasteiger partial charge in [-0.25, -0.2) is 15.0 Å². The topological polar surface area (TPSA) is 136 Å². The number of hydrogen-bond donors (Lipinski definition) is 3. The number of rotatable bonds is 9. The van der Waals surface area contributed by atoms with Crippen LogP contribution in [0.2, 0.25) is 0 Å². The van der Waals surface area contributed by atoms with E-state index in [2.05, 4.69) is 30.6 Å². The van der Waals surface area contributed by atoms with E-state index in [0.29, 0.717) is 17.3 Å². The average molecular weight is 437 g/mol. The summed E-state index contributed by atoms with van der Waals surface area (Å²) in [6.45, 7) is 3.70. The lowest BCUT2D eigenvalue weighted by atomic mass is 10.1. The molecule has 1 aliphatic rings. The molecule has 1 unspecified atom stereocenters. The van der Waals surface area contributed by atoms with E-state index in [1.54, 1.807) is 25.5 Å². The average Bonchev–Trinajstić information content (AvgIpc) is 3.63. The molecule has 0 saturated heterocycles. The zero-order valence-electron chi connectivity index (χ0n) is 18.7. The highest BCUT2D eigenvalue weighted by Crippen LogP contribution is 2.39. The van der Waals surface area contributed by atoms with Gasteiger partial charge in [-0.2, -0.15) is 0 Å². The number of carbonyl (C=O) groups excluding carboxylic acids is 2. The fraction of sp³-hybridized carbons (Fsp3) is 0.409. The molecule has 32 heavy (non-hydrogen) atoms. The van der Waals surface area contributed by atoms with Crippen molar-refractivity contribution in [1.29, 1.82) is 5.41 Å². The summed E-state index contributed by atoms with van der Waals surface area (Å²) >= 11 is 0. The minimum atomic E-state index is -0.986. The van der Waals surface area contributed by atoms with E-state index in [1.807, 2.05) is 19.9 Å². The van der Waals surface area contributed by atoms with Crippen molar-refractivity contribution in [1.82, 2.24) is 25.2 Å². The van der Waals surface area contributed by atoms with E-state index >= 15 is 0 Å². The number of nitrogens with one attached hydrogen (secondary N) is 3. The number of aliphatic imine (C=N–C) groups is 1. The molecule has 10 heteroatoms. The fourth-order valence-corrected chi connectivity index (χ4v) is 2.97. The molecule has 3 N–H and O–H groups in total. The number of amides is 2. The van der Waals surface area contributed by atoms with Gasteiger partial charge in [-0.15, -0.1) is 0 Å². The third-order valence-corrected chi connectivity index (χ3v) is 5.19. The van der Waals surface area contributed by atoms with Crippen molar-refractivity contribution in [2.45, 2.75) is 44.7 Å². The third kappa shape index (κ3) is 5.51. The SMILES string of the molecule is CN=CC(NC(=O)c1nc(C2CC2)ccc1Nc1cncnc1)C(=N)C(=O)N(C)C(C)C. The molecule has 168 valence electrons. The van der Waals surface area contributed by atoms with Crippen LogP contribution in [-0.4, -0.2) is 69.8 Å². The van der Waals surface area contributed by atoms with Crippen molar-refractivity contribution < 1.29 is 9.59 Å². The maximum Gasteiger partial charge on any atom is 0.272 e. The van der Waals surface area contributed by atoms with Crippen LogP contribution < -0.4 is 10.6 Å². The van der Waals surface area contributed by atoms with Gasteiger partial charge in [0, 0.05) is 38.0 Å². The summed E-state index contributed by atoms with van der Waals surface area (Å²) in [5.74, 6) is -0.644. The number of anilines is 2. The molecule has 2 aromatic heterocycles. The molecule has 2 aromatic rings. The highest BCUT2D eigenvalue weighted by molar-refractivity contribution is 6.42. The Labute approximate surface area is 187 Å².